The minimum absolute atomic E-state index is 0.0396. The van der Waals surface area contributed by atoms with Crippen molar-refractivity contribution in [2.75, 3.05) is 19.6 Å². The maximum atomic E-state index is 11.7. The van der Waals surface area contributed by atoms with Crippen molar-refractivity contribution in [2.45, 2.75) is 32.8 Å². The van der Waals surface area contributed by atoms with E-state index >= 15 is 0 Å². The molecule has 0 bridgehead atoms. The lowest BCUT2D eigenvalue weighted by atomic mass is 9.85. The van der Waals surface area contributed by atoms with E-state index in [4.69, 9.17) is 5.73 Å². The number of hydrogen-bond donors (Lipinski definition) is 3. The van der Waals surface area contributed by atoms with Crippen LogP contribution in [-0.2, 0) is 14.4 Å². The van der Waals surface area contributed by atoms with Crippen LogP contribution >= 0.6 is 0 Å². The number of nitrogens with one attached hydrogen (secondary N) is 1. The molecular formula is C12H21N3O4. The topological polar surface area (TPSA) is 113 Å². The number of aliphatic hydroxyl groups excluding tert-OH is 1. The fraction of sp³-hybridized carbons (Fsp3) is 0.750. The Kier molecular flexibility index (Phi) is 4.88. The van der Waals surface area contributed by atoms with E-state index in [9.17, 15) is 19.5 Å². The molecule has 1 aliphatic rings. The van der Waals surface area contributed by atoms with Crippen LogP contribution in [0.2, 0.25) is 0 Å². The van der Waals surface area contributed by atoms with Crippen LogP contribution in [0.3, 0.4) is 0 Å². The molecule has 0 radical (unpaired) electrons. The zero-order valence-corrected chi connectivity index (χ0v) is 11.3. The molecule has 0 aromatic heterocycles. The van der Waals surface area contributed by atoms with Crippen LogP contribution in [-0.4, -0.2) is 53.5 Å². The van der Waals surface area contributed by atoms with Crippen molar-refractivity contribution in [1.29, 1.82) is 0 Å². The molecule has 0 saturated carbocycles. The predicted octanol–water partition coefficient (Wildman–Crippen LogP) is -1.40. The molecule has 0 aliphatic carbocycles. The Bertz CT molecular complexity index is 381. The summed E-state index contributed by atoms with van der Waals surface area (Å²) >= 11 is 0. The number of amides is 3. The highest BCUT2D eigenvalue weighted by molar-refractivity contribution is 5.86. The van der Waals surface area contributed by atoms with Gasteiger partial charge in [-0.15, -0.1) is 0 Å². The third-order valence-corrected chi connectivity index (χ3v) is 3.20. The summed E-state index contributed by atoms with van der Waals surface area (Å²) in [6.45, 7) is 4.05. The third kappa shape index (κ3) is 4.20. The number of aliphatic hydroxyl groups is 1. The monoisotopic (exact) mass is 271 g/mol. The normalized spacial score (nSPS) is 17.4. The molecule has 7 nitrogen and oxygen atoms in total. The van der Waals surface area contributed by atoms with Crippen molar-refractivity contribution in [3.63, 3.8) is 0 Å². The second kappa shape index (κ2) is 6.01. The lowest BCUT2D eigenvalue weighted by Crippen LogP contribution is -2.50. The molecule has 0 unspecified atom stereocenters. The number of nitrogens with zero attached hydrogens (tertiary/aromatic N) is 1. The van der Waals surface area contributed by atoms with Crippen molar-refractivity contribution in [1.82, 2.24) is 10.2 Å². The van der Waals surface area contributed by atoms with Gasteiger partial charge in [0.05, 0.1) is 6.54 Å². The molecule has 108 valence electrons. The third-order valence-electron chi connectivity index (χ3n) is 3.20. The first-order valence-electron chi connectivity index (χ1n) is 6.26. The highest BCUT2D eigenvalue weighted by atomic mass is 16.3. The minimum atomic E-state index is -1.31. The van der Waals surface area contributed by atoms with E-state index in [2.05, 4.69) is 5.32 Å². The van der Waals surface area contributed by atoms with Gasteiger partial charge in [-0.2, -0.15) is 0 Å². The Morgan fingerprint density at radius 1 is 1.53 bits per heavy atom. The Morgan fingerprint density at radius 3 is 2.63 bits per heavy atom. The molecule has 0 aromatic rings. The van der Waals surface area contributed by atoms with Gasteiger partial charge in [0.25, 0.3) is 0 Å². The predicted molar refractivity (Wildman–Crippen MR) is 67.8 cm³/mol. The Hall–Kier alpha value is -1.63. The number of likely N-dealkylation sites (tertiary alicyclic amines) is 1. The standard InChI is InChI=1S/C12H21N3O4/c1-12(2,7-15-5-3-4-9(15)17)10(18)11(19)14-6-8(13)16/h10,18H,3-7H2,1-2H3,(H2,13,16)(H,14,19)/t10-/m0/s1. The fourth-order valence-corrected chi connectivity index (χ4v) is 2.08. The first kappa shape index (κ1) is 15.4. The summed E-state index contributed by atoms with van der Waals surface area (Å²) in [5.74, 6) is -1.29. The molecule has 1 rings (SSSR count). The molecule has 7 heteroatoms. The highest BCUT2D eigenvalue weighted by Crippen LogP contribution is 2.25. The number of carbonyl (C=O) groups excluding carboxylic acids is 3. The summed E-state index contributed by atoms with van der Waals surface area (Å²) in [5.41, 5.74) is 4.12. The fourth-order valence-electron chi connectivity index (χ4n) is 2.08. The van der Waals surface area contributed by atoms with E-state index in [1.165, 1.54) is 0 Å². The molecule has 19 heavy (non-hydrogen) atoms. The van der Waals surface area contributed by atoms with E-state index in [0.29, 0.717) is 19.5 Å². The second-order valence-corrected chi connectivity index (χ2v) is 5.49. The van der Waals surface area contributed by atoms with Crippen LogP contribution in [0, 0.1) is 5.41 Å². The zero-order valence-electron chi connectivity index (χ0n) is 11.3. The maximum absolute atomic E-state index is 11.7. The first-order valence-corrected chi connectivity index (χ1v) is 6.26. The smallest absolute Gasteiger partial charge is 0.249 e. The van der Waals surface area contributed by atoms with Crippen molar-refractivity contribution in [3.8, 4) is 0 Å². The van der Waals surface area contributed by atoms with Crippen molar-refractivity contribution < 1.29 is 19.5 Å². The largest absolute Gasteiger partial charge is 0.383 e. The molecule has 1 aliphatic heterocycles. The summed E-state index contributed by atoms with van der Waals surface area (Å²) in [5, 5.41) is 12.3. The number of nitrogens with two attached hydrogens (primary N) is 1. The van der Waals surface area contributed by atoms with Crippen LogP contribution in [0.5, 0.6) is 0 Å². The molecule has 1 saturated heterocycles. The van der Waals surface area contributed by atoms with E-state index in [-0.39, 0.29) is 12.5 Å². The average molecular weight is 271 g/mol. The van der Waals surface area contributed by atoms with Gasteiger partial charge in [-0.1, -0.05) is 13.8 Å². The van der Waals surface area contributed by atoms with Gasteiger partial charge in [0, 0.05) is 24.9 Å². The lowest BCUT2D eigenvalue weighted by molar-refractivity contribution is -0.140. The average Bonchev–Trinajstić information content (AvgIpc) is 2.70. The van der Waals surface area contributed by atoms with Gasteiger partial charge in [-0.3, -0.25) is 14.4 Å². The molecule has 3 amide bonds. The van der Waals surface area contributed by atoms with Gasteiger partial charge in [0.1, 0.15) is 6.10 Å². The van der Waals surface area contributed by atoms with Crippen LogP contribution in [0.15, 0.2) is 0 Å². The van der Waals surface area contributed by atoms with Crippen molar-refractivity contribution in [3.05, 3.63) is 0 Å². The Morgan fingerprint density at radius 2 is 2.16 bits per heavy atom. The zero-order chi connectivity index (χ0) is 14.6. The summed E-state index contributed by atoms with van der Waals surface area (Å²) in [6, 6.07) is 0. The molecular weight excluding hydrogens is 250 g/mol. The maximum Gasteiger partial charge on any atom is 0.249 e. The quantitative estimate of drug-likeness (QED) is 0.551. The summed E-state index contributed by atoms with van der Waals surface area (Å²) in [6.07, 6.45) is 0.0131. The van der Waals surface area contributed by atoms with Crippen LogP contribution in [0.1, 0.15) is 26.7 Å². The molecule has 1 heterocycles. The van der Waals surface area contributed by atoms with E-state index in [1.54, 1.807) is 18.7 Å². The van der Waals surface area contributed by atoms with Gasteiger partial charge in [-0.05, 0) is 6.42 Å². The number of primary amides is 1. The second-order valence-electron chi connectivity index (χ2n) is 5.49. The summed E-state index contributed by atoms with van der Waals surface area (Å²) in [7, 11) is 0. The molecule has 0 spiro atoms. The van der Waals surface area contributed by atoms with Crippen molar-refractivity contribution in [2.24, 2.45) is 11.1 Å². The molecule has 1 fully saturated rings. The summed E-state index contributed by atoms with van der Waals surface area (Å²) in [4.78, 5) is 35.4. The van der Waals surface area contributed by atoms with Crippen LogP contribution in [0.4, 0.5) is 0 Å². The van der Waals surface area contributed by atoms with Gasteiger partial charge in [-0.25, -0.2) is 0 Å². The van der Waals surface area contributed by atoms with Gasteiger partial charge in [0.2, 0.25) is 17.7 Å². The molecule has 1 atom stereocenters. The SMILES string of the molecule is CC(C)(CN1CCCC1=O)[C@@H](O)C(=O)NCC(N)=O. The lowest BCUT2D eigenvalue weighted by Gasteiger charge is -2.33. The number of rotatable bonds is 6. The minimum Gasteiger partial charge on any atom is -0.383 e. The van der Waals surface area contributed by atoms with E-state index in [1.807, 2.05) is 0 Å². The van der Waals surface area contributed by atoms with Crippen LogP contribution < -0.4 is 11.1 Å². The van der Waals surface area contributed by atoms with Gasteiger partial charge < -0.3 is 21.1 Å². The Labute approximate surface area is 112 Å². The van der Waals surface area contributed by atoms with Crippen LogP contribution in [0.25, 0.3) is 0 Å². The molecule has 4 N–H and O–H groups in total. The highest BCUT2D eigenvalue weighted by Gasteiger charge is 2.37. The van der Waals surface area contributed by atoms with Crippen molar-refractivity contribution >= 4 is 17.7 Å². The first-order chi connectivity index (χ1) is 8.74. The Balaban J connectivity index is 2.57. The number of carbonyl (C=O) groups is 3. The van der Waals surface area contributed by atoms with E-state index in [0.717, 1.165) is 6.42 Å². The van der Waals surface area contributed by atoms with E-state index < -0.39 is 23.3 Å². The van der Waals surface area contributed by atoms with Gasteiger partial charge >= 0.3 is 0 Å². The van der Waals surface area contributed by atoms with Gasteiger partial charge in [0.15, 0.2) is 0 Å². The molecule has 0 aromatic carbocycles. The number of hydrogen-bond acceptors (Lipinski definition) is 4. The summed E-state index contributed by atoms with van der Waals surface area (Å²) < 4.78 is 0.